The Morgan fingerprint density at radius 1 is 1.00 bits per heavy atom. The molecule has 1 aliphatic rings. The molecule has 136 valence electrons. The third-order valence-corrected chi connectivity index (χ3v) is 5.20. The fraction of sp³-hybridized carbons (Fsp3) is 0.217. The zero-order chi connectivity index (χ0) is 19.2. The standard InChI is InChI=1S/C23H21NO3/c1-15(2)24-20-13-6-5-12-19(20)23(27,22(24)26)14-21(25)18-11-7-9-16-8-3-4-10-17(16)18/h3-13,15,27H,14H2,1-2H3/t23-/m1/s1. The van der Waals surface area contributed by atoms with E-state index in [0.717, 1.165) is 10.8 Å². The Hall–Kier alpha value is -2.98. The van der Waals surface area contributed by atoms with E-state index in [1.807, 2.05) is 62.4 Å². The summed E-state index contributed by atoms with van der Waals surface area (Å²) in [4.78, 5) is 27.8. The summed E-state index contributed by atoms with van der Waals surface area (Å²) in [5.41, 5.74) is -0.146. The second kappa shape index (κ2) is 6.32. The molecule has 0 aromatic heterocycles. The van der Waals surface area contributed by atoms with Crippen LogP contribution in [0.25, 0.3) is 10.8 Å². The first-order valence-corrected chi connectivity index (χ1v) is 9.10. The van der Waals surface area contributed by atoms with Crippen LogP contribution in [0.2, 0.25) is 0 Å². The summed E-state index contributed by atoms with van der Waals surface area (Å²) in [7, 11) is 0. The lowest BCUT2D eigenvalue weighted by molar-refractivity contribution is -0.136. The highest BCUT2D eigenvalue weighted by Gasteiger charge is 2.51. The van der Waals surface area contributed by atoms with E-state index in [9.17, 15) is 14.7 Å². The molecule has 3 aromatic rings. The molecule has 1 atom stereocenters. The minimum absolute atomic E-state index is 0.111. The molecule has 3 aromatic carbocycles. The highest BCUT2D eigenvalue weighted by atomic mass is 16.3. The quantitative estimate of drug-likeness (QED) is 0.715. The van der Waals surface area contributed by atoms with Crippen LogP contribution in [0.15, 0.2) is 66.7 Å². The SMILES string of the molecule is CC(C)N1C(=O)[C@@](O)(CC(=O)c2cccc3ccccc23)c2ccccc21. The van der Waals surface area contributed by atoms with Crippen LogP contribution in [-0.2, 0) is 10.4 Å². The van der Waals surface area contributed by atoms with Crippen LogP contribution in [0.1, 0.15) is 36.2 Å². The van der Waals surface area contributed by atoms with E-state index in [-0.39, 0.29) is 18.2 Å². The molecule has 0 fully saturated rings. The summed E-state index contributed by atoms with van der Waals surface area (Å²) in [5.74, 6) is -0.685. The van der Waals surface area contributed by atoms with Gasteiger partial charge in [-0.1, -0.05) is 60.7 Å². The summed E-state index contributed by atoms with van der Waals surface area (Å²) in [6, 6.07) is 20.2. The molecular weight excluding hydrogens is 338 g/mol. The molecule has 1 aliphatic heterocycles. The molecule has 4 nitrogen and oxygen atoms in total. The Morgan fingerprint density at radius 2 is 1.67 bits per heavy atom. The van der Waals surface area contributed by atoms with Gasteiger partial charge in [0.05, 0.1) is 12.1 Å². The Morgan fingerprint density at radius 3 is 2.44 bits per heavy atom. The fourth-order valence-corrected chi connectivity index (χ4v) is 3.94. The first-order valence-electron chi connectivity index (χ1n) is 9.10. The fourth-order valence-electron chi connectivity index (χ4n) is 3.94. The van der Waals surface area contributed by atoms with Gasteiger partial charge in [-0.3, -0.25) is 9.59 Å². The maximum Gasteiger partial charge on any atom is 0.264 e. The van der Waals surface area contributed by atoms with E-state index in [1.54, 1.807) is 23.1 Å². The van der Waals surface area contributed by atoms with Crippen molar-refractivity contribution in [3.63, 3.8) is 0 Å². The molecule has 27 heavy (non-hydrogen) atoms. The first kappa shape index (κ1) is 17.4. The van der Waals surface area contributed by atoms with E-state index in [0.29, 0.717) is 16.8 Å². The number of hydrogen-bond donors (Lipinski definition) is 1. The number of amides is 1. The van der Waals surface area contributed by atoms with Crippen LogP contribution in [0.4, 0.5) is 5.69 Å². The summed E-state index contributed by atoms with van der Waals surface area (Å²) in [5, 5.41) is 13.1. The van der Waals surface area contributed by atoms with Crippen molar-refractivity contribution in [2.45, 2.75) is 31.9 Å². The molecule has 0 unspecified atom stereocenters. The lowest BCUT2D eigenvalue weighted by Crippen LogP contribution is -2.44. The predicted molar refractivity (Wildman–Crippen MR) is 106 cm³/mol. The topological polar surface area (TPSA) is 57.6 Å². The highest BCUT2D eigenvalue weighted by molar-refractivity contribution is 6.14. The molecule has 1 heterocycles. The minimum Gasteiger partial charge on any atom is -0.375 e. The second-order valence-corrected chi connectivity index (χ2v) is 7.27. The lowest BCUT2D eigenvalue weighted by Gasteiger charge is -2.25. The Balaban J connectivity index is 1.77. The van der Waals surface area contributed by atoms with Crippen LogP contribution in [0.5, 0.6) is 0 Å². The summed E-state index contributed by atoms with van der Waals surface area (Å²) in [6.45, 7) is 3.79. The van der Waals surface area contributed by atoms with Crippen molar-refractivity contribution in [2.24, 2.45) is 0 Å². The number of benzene rings is 3. The maximum atomic E-state index is 13.1. The largest absolute Gasteiger partial charge is 0.375 e. The number of carbonyl (C=O) groups excluding carboxylic acids is 2. The first-order chi connectivity index (χ1) is 12.9. The van der Waals surface area contributed by atoms with Gasteiger partial charge in [0.1, 0.15) is 0 Å². The number of para-hydroxylation sites is 1. The summed E-state index contributed by atoms with van der Waals surface area (Å²) in [6.07, 6.45) is -0.278. The highest BCUT2D eigenvalue weighted by Crippen LogP contribution is 2.44. The molecular formula is C23H21NO3. The third kappa shape index (κ3) is 2.64. The van der Waals surface area contributed by atoms with Gasteiger partial charge in [-0.25, -0.2) is 0 Å². The number of Topliss-reactive ketones (excluding diaryl/α,β-unsaturated/α-hetero) is 1. The minimum atomic E-state index is -1.84. The molecule has 0 saturated heterocycles. The average Bonchev–Trinajstić information content (AvgIpc) is 2.89. The van der Waals surface area contributed by atoms with E-state index >= 15 is 0 Å². The number of rotatable bonds is 4. The van der Waals surface area contributed by atoms with Crippen LogP contribution in [-0.4, -0.2) is 22.8 Å². The van der Waals surface area contributed by atoms with Crippen LogP contribution < -0.4 is 4.90 Å². The molecule has 1 amide bonds. The smallest absolute Gasteiger partial charge is 0.264 e. The van der Waals surface area contributed by atoms with E-state index < -0.39 is 11.5 Å². The Kier molecular flexibility index (Phi) is 4.08. The van der Waals surface area contributed by atoms with E-state index in [2.05, 4.69) is 0 Å². The number of aliphatic hydroxyl groups is 1. The number of carbonyl (C=O) groups is 2. The van der Waals surface area contributed by atoms with Gasteiger partial charge in [0.25, 0.3) is 5.91 Å². The van der Waals surface area contributed by atoms with Gasteiger partial charge in [-0.15, -0.1) is 0 Å². The molecule has 4 rings (SSSR count). The number of fused-ring (bicyclic) bond motifs is 2. The summed E-state index contributed by atoms with van der Waals surface area (Å²) >= 11 is 0. The molecule has 0 bridgehead atoms. The number of nitrogens with zero attached hydrogens (tertiary/aromatic N) is 1. The molecule has 0 radical (unpaired) electrons. The van der Waals surface area contributed by atoms with Gasteiger partial charge in [-0.2, -0.15) is 0 Å². The van der Waals surface area contributed by atoms with Crippen molar-refractivity contribution >= 4 is 28.2 Å². The molecule has 4 heteroatoms. The second-order valence-electron chi connectivity index (χ2n) is 7.27. The van der Waals surface area contributed by atoms with Gasteiger partial charge < -0.3 is 10.0 Å². The van der Waals surface area contributed by atoms with Gasteiger partial charge in [0.2, 0.25) is 0 Å². The van der Waals surface area contributed by atoms with Crippen LogP contribution >= 0.6 is 0 Å². The zero-order valence-corrected chi connectivity index (χ0v) is 15.3. The number of hydrogen-bond acceptors (Lipinski definition) is 3. The van der Waals surface area contributed by atoms with Crippen LogP contribution in [0.3, 0.4) is 0 Å². The average molecular weight is 359 g/mol. The number of ketones is 1. The monoisotopic (exact) mass is 359 g/mol. The molecule has 1 N–H and O–H groups in total. The normalized spacial score (nSPS) is 19.0. The Bertz CT molecular complexity index is 1050. The zero-order valence-electron chi connectivity index (χ0n) is 15.3. The van der Waals surface area contributed by atoms with Crippen molar-refractivity contribution in [1.82, 2.24) is 0 Å². The van der Waals surface area contributed by atoms with Crippen molar-refractivity contribution in [1.29, 1.82) is 0 Å². The van der Waals surface area contributed by atoms with Crippen molar-refractivity contribution < 1.29 is 14.7 Å². The number of anilines is 1. The van der Waals surface area contributed by atoms with Gasteiger partial charge in [0.15, 0.2) is 11.4 Å². The molecule has 0 aliphatic carbocycles. The third-order valence-electron chi connectivity index (χ3n) is 5.20. The van der Waals surface area contributed by atoms with E-state index in [1.165, 1.54) is 0 Å². The molecule has 0 saturated carbocycles. The predicted octanol–water partition coefficient (Wildman–Crippen LogP) is 4.06. The summed E-state index contributed by atoms with van der Waals surface area (Å²) < 4.78 is 0. The van der Waals surface area contributed by atoms with Gasteiger partial charge in [-0.05, 0) is 30.7 Å². The van der Waals surface area contributed by atoms with Crippen molar-refractivity contribution in [2.75, 3.05) is 4.90 Å². The van der Waals surface area contributed by atoms with Crippen molar-refractivity contribution in [3.8, 4) is 0 Å². The van der Waals surface area contributed by atoms with E-state index in [4.69, 9.17) is 0 Å². The van der Waals surface area contributed by atoms with Gasteiger partial charge >= 0.3 is 0 Å². The Labute approximate surface area is 158 Å². The van der Waals surface area contributed by atoms with Crippen molar-refractivity contribution in [3.05, 3.63) is 77.9 Å². The maximum absolute atomic E-state index is 13.1. The van der Waals surface area contributed by atoms with Crippen LogP contribution in [0, 0.1) is 0 Å². The van der Waals surface area contributed by atoms with Gasteiger partial charge in [0, 0.05) is 17.2 Å². The molecule has 0 spiro atoms. The lowest BCUT2D eigenvalue weighted by atomic mass is 9.87.